The highest BCUT2D eigenvalue weighted by molar-refractivity contribution is 6.14. The summed E-state index contributed by atoms with van der Waals surface area (Å²) in [5, 5.41) is 0. The number of rotatable bonds is 1. The highest BCUT2D eigenvalue weighted by atomic mass is 16.1. The SMILES string of the molecule is O=C1C=CC(=O)C=C1.c1ccc(-c2ccccc2)cc1. The fourth-order valence-electron chi connectivity index (χ4n) is 1.70. The molecule has 1 aliphatic carbocycles. The van der Waals surface area contributed by atoms with E-state index >= 15 is 0 Å². The molecule has 0 atom stereocenters. The summed E-state index contributed by atoms with van der Waals surface area (Å²) in [6.45, 7) is 0. The van der Waals surface area contributed by atoms with E-state index in [2.05, 4.69) is 48.5 Å². The highest BCUT2D eigenvalue weighted by Gasteiger charge is 1.98. The molecule has 1 aliphatic rings. The van der Waals surface area contributed by atoms with Crippen molar-refractivity contribution >= 4 is 11.6 Å². The number of hydrogen-bond donors (Lipinski definition) is 0. The van der Waals surface area contributed by atoms with E-state index in [1.807, 2.05) is 12.1 Å². The number of allylic oxidation sites excluding steroid dienone is 4. The normalized spacial score (nSPS) is 12.8. The molecule has 0 aliphatic heterocycles. The monoisotopic (exact) mass is 262 g/mol. The van der Waals surface area contributed by atoms with E-state index in [1.54, 1.807) is 0 Å². The second-order valence-corrected chi connectivity index (χ2v) is 4.20. The fraction of sp³-hybridized carbons (Fsp3) is 0. The number of benzene rings is 2. The van der Waals surface area contributed by atoms with Crippen LogP contribution in [0, 0.1) is 0 Å². The van der Waals surface area contributed by atoms with Crippen molar-refractivity contribution in [3.8, 4) is 11.1 Å². The molecule has 0 aromatic heterocycles. The molecule has 0 saturated heterocycles. The minimum Gasteiger partial charge on any atom is -0.290 e. The molecule has 0 fully saturated rings. The molecule has 0 spiro atoms. The van der Waals surface area contributed by atoms with E-state index in [-0.39, 0.29) is 11.6 Å². The van der Waals surface area contributed by atoms with Gasteiger partial charge in [-0.1, -0.05) is 60.7 Å². The lowest BCUT2D eigenvalue weighted by Crippen LogP contribution is -1.97. The van der Waals surface area contributed by atoms with Crippen molar-refractivity contribution in [2.45, 2.75) is 0 Å². The summed E-state index contributed by atoms with van der Waals surface area (Å²) in [6, 6.07) is 20.8. The third-order valence-electron chi connectivity index (χ3n) is 2.70. The molecule has 0 amide bonds. The van der Waals surface area contributed by atoms with Crippen LogP contribution in [0.3, 0.4) is 0 Å². The lowest BCUT2D eigenvalue weighted by molar-refractivity contribution is -0.113. The minimum atomic E-state index is -0.121. The molecule has 2 heteroatoms. The van der Waals surface area contributed by atoms with Gasteiger partial charge in [0.1, 0.15) is 0 Å². The van der Waals surface area contributed by atoms with Crippen molar-refractivity contribution in [3.05, 3.63) is 85.0 Å². The van der Waals surface area contributed by atoms with Gasteiger partial charge in [-0.2, -0.15) is 0 Å². The molecule has 0 saturated carbocycles. The zero-order valence-electron chi connectivity index (χ0n) is 10.9. The van der Waals surface area contributed by atoms with Gasteiger partial charge >= 0.3 is 0 Å². The maximum Gasteiger partial charge on any atom is 0.178 e. The van der Waals surface area contributed by atoms with Gasteiger partial charge in [0.2, 0.25) is 0 Å². The fourth-order valence-corrected chi connectivity index (χ4v) is 1.70. The van der Waals surface area contributed by atoms with Crippen LogP contribution < -0.4 is 0 Å². The summed E-state index contributed by atoms with van der Waals surface area (Å²) >= 11 is 0. The zero-order chi connectivity index (χ0) is 14.2. The average Bonchev–Trinajstić information content (AvgIpc) is 2.53. The zero-order valence-corrected chi connectivity index (χ0v) is 10.9. The third-order valence-corrected chi connectivity index (χ3v) is 2.70. The van der Waals surface area contributed by atoms with Crippen LogP contribution in [0.4, 0.5) is 0 Å². The lowest BCUT2D eigenvalue weighted by Gasteiger charge is -1.98. The molecule has 98 valence electrons. The summed E-state index contributed by atoms with van der Waals surface area (Å²) in [4.78, 5) is 20.6. The van der Waals surface area contributed by atoms with Crippen LogP contribution in [0.15, 0.2) is 85.0 Å². The largest absolute Gasteiger partial charge is 0.290 e. The van der Waals surface area contributed by atoms with Crippen LogP contribution in [0.2, 0.25) is 0 Å². The van der Waals surface area contributed by atoms with Gasteiger partial charge in [-0.25, -0.2) is 0 Å². The smallest absolute Gasteiger partial charge is 0.178 e. The first kappa shape index (κ1) is 13.7. The van der Waals surface area contributed by atoms with Gasteiger partial charge in [0, 0.05) is 0 Å². The Bertz CT molecular complexity index is 562. The molecule has 0 bridgehead atoms. The molecule has 3 rings (SSSR count). The molecule has 2 nitrogen and oxygen atoms in total. The Hall–Kier alpha value is -2.74. The van der Waals surface area contributed by atoms with Crippen LogP contribution in [-0.4, -0.2) is 11.6 Å². The predicted molar refractivity (Wildman–Crippen MR) is 80.2 cm³/mol. The number of carbonyl (C=O) groups excluding carboxylic acids is 2. The Labute approximate surface area is 118 Å². The van der Waals surface area contributed by atoms with E-state index in [0.717, 1.165) is 0 Å². The van der Waals surface area contributed by atoms with E-state index < -0.39 is 0 Å². The van der Waals surface area contributed by atoms with Crippen molar-refractivity contribution in [3.63, 3.8) is 0 Å². The second-order valence-electron chi connectivity index (χ2n) is 4.20. The first-order valence-corrected chi connectivity index (χ1v) is 6.30. The van der Waals surface area contributed by atoms with Crippen molar-refractivity contribution in [2.75, 3.05) is 0 Å². The van der Waals surface area contributed by atoms with E-state index in [1.165, 1.54) is 35.4 Å². The molecule has 20 heavy (non-hydrogen) atoms. The first-order valence-electron chi connectivity index (χ1n) is 6.30. The topological polar surface area (TPSA) is 34.1 Å². The van der Waals surface area contributed by atoms with E-state index in [4.69, 9.17) is 0 Å². The van der Waals surface area contributed by atoms with E-state index in [0.29, 0.717) is 0 Å². The van der Waals surface area contributed by atoms with Gasteiger partial charge in [-0.15, -0.1) is 0 Å². The van der Waals surface area contributed by atoms with Gasteiger partial charge in [0.25, 0.3) is 0 Å². The number of carbonyl (C=O) groups is 2. The van der Waals surface area contributed by atoms with Crippen molar-refractivity contribution < 1.29 is 9.59 Å². The molecule has 0 N–H and O–H groups in total. The lowest BCUT2D eigenvalue weighted by atomic mass is 10.1. The Kier molecular flexibility index (Phi) is 4.79. The molecule has 2 aromatic carbocycles. The minimum absolute atomic E-state index is 0.121. The number of ketones is 2. The first-order chi connectivity index (χ1) is 9.75. The Morgan fingerprint density at radius 2 is 0.750 bits per heavy atom. The summed E-state index contributed by atoms with van der Waals surface area (Å²) in [5.74, 6) is -0.241. The van der Waals surface area contributed by atoms with Crippen molar-refractivity contribution in [2.24, 2.45) is 0 Å². The van der Waals surface area contributed by atoms with Crippen molar-refractivity contribution in [1.82, 2.24) is 0 Å². The van der Waals surface area contributed by atoms with Crippen LogP contribution in [-0.2, 0) is 9.59 Å². The molecule has 0 radical (unpaired) electrons. The van der Waals surface area contributed by atoms with Crippen LogP contribution in [0.1, 0.15) is 0 Å². The van der Waals surface area contributed by atoms with Crippen LogP contribution >= 0.6 is 0 Å². The quantitative estimate of drug-likeness (QED) is 0.736. The Morgan fingerprint density at radius 1 is 0.450 bits per heavy atom. The summed E-state index contributed by atoms with van der Waals surface area (Å²) in [7, 11) is 0. The van der Waals surface area contributed by atoms with Gasteiger partial charge in [0.05, 0.1) is 0 Å². The van der Waals surface area contributed by atoms with Gasteiger partial charge in [-0.3, -0.25) is 9.59 Å². The summed E-state index contributed by atoms with van der Waals surface area (Å²) < 4.78 is 0. The maximum atomic E-state index is 10.3. The standard InChI is InChI=1S/C12H10.C6H4O2/c1-3-7-11(8-4-1)12-9-5-2-6-10-12;7-5-1-2-6(8)4-3-5/h1-10H;1-4H. The van der Waals surface area contributed by atoms with Gasteiger partial charge in [0.15, 0.2) is 11.6 Å². The van der Waals surface area contributed by atoms with Crippen LogP contribution in [0.25, 0.3) is 11.1 Å². The average molecular weight is 262 g/mol. The van der Waals surface area contributed by atoms with Gasteiger partial charge in [-0.05, 0) is 35.4 Å². The maximum absolute atomic E-state index is 10.3. The Balaban J connectivity index is 0.000000160. The van der Waals surface area contributed by atoms with E-state index in [9.17, 15) is 9.59 Å². The second kappa shape index (κ2) is 7.00. The van der Waals surface area contributed by atoms with Gasteiger partial charge < -0.3 is 0 Å². The molecular weight excluding hydrogens is 248 g/mol. The molecule has 0 heterocycles. The third kappa shape index (κ3) is 4.18. The predicted octanol–water partition coefficient (Wildman–Crippen LogP) is 3.60. The molecule has 0 unspecified atom stereocenters. The Morgan fingerprint density at radius 3 is 1.05 bits per heavy atom. The summed E-state index contributed by atoms with van der Waals surface area (Å²) in [5.41, 5.74) is 2.55. The van der Waals surface area contributed by atoms with Crippen molar-refractivity contribution in [1.29, 1.82) is 0 Å². The molecule has 2 aromatic rings. The number of hydrogen-bond acceptors (Lipinski definition) is 2. The highest BCUT2D eigenvalue weighted by Crippen LogP contribution is 2.17. The molecular formula is C18H14O2. The summed E-state index contributed by atoms with van der Waals surface area (Å²) in [6.07, 6.45) is 5.01. The van der Waals surface area contributed by atoms with Crippen LogP contribution in [0.5, 0.6) is 0 Å².